The largest absolute Gasteiger partial charge is 0.358 e. The van der Waals surface area contributed by atoms with Gasteiger partial charge in [0.2, 0.25) is 5.79 Å². The van der Waals surface area contributed by atoms with Crippen molar-refractivity contribution in [3.63, 3.8) is 0 Å². The molecule has 0 spiro atoms. The molecule has 3 heteroatoms. The maximum atomic E-state index is 9.41. The van der Waals surface area contributed by atoms with Crippen LogP contribution in [0.4, 0.5) is 0 Å². The van der Waals surface area contributed by atoms with Crippen LogP contribution in [-0.2, 0) is 9.47 Å². The summed E-state index contributed by atoms with van der Waals surface area (Å²) in [7, 11) is 1.50. The Hall–Kier alpha value is -0.640. The molecule has 2 unspecified atom stereocenters. The summed E-state index contributed by atoms with van der Waals surface area (Å²) in [5.74, 6) is -2.09. The fraction of sp³-hybridized carbons (Fsp3) is 0.429. The smallest absolute Gasteiger partial charge is 0.251 e. The van der Waals surface area contributed by atoms with E-state index in [1.807, 2.05) is 0 Å². The molecule has 54 valence electrons. The summed E-state index contributed by atoms with van der Waals surface area (Å²) in [6.07, 6.45) is 6.76. The van der Waals surface area contributed by atoms with E-state index in [0.29, 0.717) is 0 Å². The molecule has 0 radical (unpaired) electrons. The van der Waals surface area contributed by atoms with Crippen LogP contribution < -0.4 is 0 Å². The van der Waals surface area contributed by atoms with Gasteiger partial charge in [-0.05, 0) is 12.2 Å². The highest BCUT2D eigenvalue weighted by atomic mass is 16.9. The van der Waals surface area contributed by atoms with Crippen molar-refractivity contribution in [2.24, 2.45) is 0 Å². The van der Waals surface area contributed by atoms with E-state index in [4.69, 9.17) is 9.47 Å². The summed E-state index contributed by atoms with van der Waals surface area (Å²) in [4.78, 5) is 0. The number of ether oxygens (including phenoxy) is 2. The summed E-state index contributed by atoms with van der Waals surface area (Å²) in [5, 5.41) is 9.41. The van der Waals surface area contributed by atoms with Gasteiger partial charge in [-0.2, -0.15) is 0 Å². The van der Waals surface area contributed by atoms with Gasteiger partial charge in [0.1, 0.15) is 0 Å². The molecule has 0 aromatic carbocycles. The molecule has 10 heavy (non-hydrogen) atoms. The summed E-state index contributed by atoms with van der Waals surface area (Å²) in [6.45, 7) is 0. The Labute approximate surface area is 58.6 Å². The van der Waals surface area contributed by atoms with E-state index >= 15 is 0 Å². The molecule has 1 N–H and O–H groups in total. The molecule has 2 atom stereocenters. The number of hydrogen-bond acceptors (Lipinski definition) is 3. The topological polar surface area (TPSA) is 42.0 Å². The predicted molar refractivity (Wildman–Crippen MR) is 34.1 cm³/mol. The minimum Gasteiger partial charge on any atom is -0.358 e. The first-order chi connectivity index (χ1) is 4.72. The maximum absolute atomic E-state index is 9.41. The molecule has 0 saturated carbocycles. The molecule has 2 rings (SSSR count). The van der Waals surface area contributed by atoms with Crippen LogP contribution in [0, 0.1) is 0 Å². The lowest BCUT2D eigenvalue weighted by atomic mass is 10.1. The number of methoxy groups -OCH3 is 1. The third-order valence-corrected chi connectivity index (χ3v) is 1.82. The van der Waals surface area contributed by atoms with Gasteiger partial charge in [-0.1, -0.05) is 12.2 Å². The molecule has 1 heterocycles. The average molecular weight is 140 g/mol. The highest BCUT2D eigenvalue weighted by Gasteiger charge is 2.69. The molecular weight excluding hydrogens is 132 g/mol. The molecule has 1 fully saturated rings. The van der Waals surface area contributed by atoms with E-state index in [-0.39, 0.29) is 0 Å². The highest BCUT2D eigenvalue weighted by Crippen LogP contribution is 2.50. The first kappa shape index (κ1) is 6.09. The number of allylic oxidation sites excluding steroid dienone is 2. The lowest BCUT2D eigenvalue weighted by molar-refractivity contribution is 0.0265. The van der Waals surface area contributed by atoms with Gasteiger partial charge in [-0.3, -0.25) is 4.74 Å². The van der Waals surface area contributed by atoms with Crippen LogP contribution in [0.5, 0.6) is 0 Å². The molecular formula is C7H8O3. The van der Waals surface area contributed by atoms with E-state index < -0.39 is 11.6 Å². The van der Waals surface area contributed by atoms with Gasteiger partial charge in [0.05, 0.1) is 0 Å². The molecule has 0 amide bonds. The molecule has 2 aliphatic rings. The Morgan fingerprint density at radius 1 is 1.40 bits per heavy atom. The van der Waals surface area contributed by atoms with E-state index in [9.17, 15) is 5.11 Å². The summed E-state index contributed by atoms with van der Waals surface area (Å²) >= 11 is 0. The van der Waals surface area contributed by atoms with Crippen LogP contribution in [-0.4, -0.2) is 23.8 Å². The lowest BCUT2D eigenvalue weighted by Crippen LogP contribution is -2.25. The number of aliphatic hydroxyl groups is 1. The lowest BCUT2D eigenvalue weighted by Gasteiger charge is -2.08. The van der Waals surface area contributed by atoms with Crippen molar-refractivity contribution in [2.75, 3.05) is 7.11 Å². The van der Waals surface area contributed by atoms with Crippen LogP contribution in [0.3, 0.4) is 0 Å². The zero-order valence-electron chi connectivity index (χ0n) is 5.57. The molecule has 3 nitrogen and oxygen atoms in total. The van der Waals surface area contributed by atoms with Gasteiger partial charge in [0.25, 0.3) is 5.79 Å². The number of rotatable bonds is 1. The second-order valence-electron chi connectivity index (χ2n) is 2.39. The van der Waals surface area contributed by atoms with E-state index in [0.717, 1.165) is 0 Å². The minimum atomic E-state index is -1.20. The SMILES string of the molecule is COC12C=CC=CC1(O)O2. The van der Waals surface area contributed by atoms with Crippen molar-refractivity contribution >= 4 is 0 Å². The van der Waals surface area contributed by atoms with Crippen molar-refractivity contribution in [3.05, 3.63) is 24.3 Å². The highest BCUT2D eigenvalue weighted by molar-refractivity contribution is 5.31. The predicted octanol–water partition coefficient (Wildman–Crippen LogP) is 0.174. The van der Waals surface area contributed by atoms with Crippen molar-refractivity contribution < 1.29 is 14.6 Å². The Morgan fingerprint density at radius 3 is 2.60 bits per heavy atom. The first-order valence-corrected chi connectivity index (χ1v) is 3.07. The third-order valence-electron chi connectivity index (χ3n) is 1.82. The normalized spacial score (nSPS) is 49.0. The number of hydrogen-bond donors (Lipinski definition) is 1. The van der Waals surface area contributed by atoms with Gasteiger partial charge in [-0.15, -0.1) is 0 Å². The molecule has 0 bridgehead atoms. The van der Waals surface area contributed by atoms with Crippen LogP contribution in [0.2, 0.25) is 0 Å². The van der Waals surface area contributed by atoms with Crippen LogP contribution in [0.15, 0.2) is 24.3 Å². The monoisotopic (exact) mass is 140 g/mol. The van der Waals surface area contributed by atoms with Crippen LogP contribution >= 0.6 is 0 Å². The first-order valence-electron chi connectivity index (χ1n) is 3.07. The molecule has 0 aromatic heterocycles. The maximum Gasteiger partial charge on any atom is 0.251 e. The van der Waals surface area contributed by atoms with Gasteiger partial charge < -0.3 is 9.84 Å². The van der Waals surface area contributed by atoms with Gasteiger partial charge in [0, 0.05) is 7.11 Å². The van der Waals surface area contributed by atoms with Crippen molar-refractivity contribution in [2.45, 2.75) is 11.6 Å². The standard InChI is InChI=1S/C7H8O3/c1-9-7-5-3-2-4-6(7,8)10-7/h2-5,8H,1H3. The van der Waals surface area contributed by atoms with Crippen molar-refractivity contribution in [1.29, 1.82) is 0 Å². The fourth-order valence-electron chi connectivity index (χ4n) is 1.13. The summed E-state index contributed by atoms with van der Waals surface area (Å²) < 4.78 is 9.91. The van der Waals surface area contributed by atoms with Gasteiger partial charge in [0.15, 0.2) is 0 Å². The second kappa shape index (κ2) is 1.50. The Balaban J connectivity index is 2.32. The van der Waals surface area contributed by atoms with E-state index in [2.05, 4.69) is 0 Å². The van der Waals surface area contributed by atoms with Crippen LogP contribution in [0.25, 0.3) is 0 Å². The van der Waals surface area contributed by atoms with E-state index in [1.54, 1.807) is 24.3 Å². The zero-order chi connectivity index (χ0) is 7.24. The van der Waals surface area contributed by atoms with Crippen molar-refractivity contribution in [1.82, 2.24) is 0 Å². The Bertz CT molecular complexity index is 221. The van der Waals surface area contributed by atoms with Gasteiger partial charge in [-0.25, -0.2) is 0 Å². The molecule has 0 aromatic rings. The third kappa shape index (κ3) is 0.502. The fourth-order valence-corrected chi connectivity index (χ4v) is 1.13. The van der Waals surface area contributed by atoms with Gasteiger partial charge >= 0.3 is 0 Å². The molecule has 1 aliphatic heterocycles. The zero-order valence-corrected chi connectivity index (χ0v) is 5.57. The Morgan fingerprint density at radius 2 is 2.10 bits per heavy atom. The molecule has 1 aliphatic carbocycles. The second-order valence-corrected chi connectivity index (χ2v) is 2.39. The Kier molecular flexibility index (Phi) is 0.916. The summed E-state index contributed by atoms with van der Waals surface area (Å²) in [6, 6.07) is 0. The quantitative estimate of drug-likeness (QED) is 0.528. The van der Waals surface area contributed by atoms with Crippen LogP contribution in [0.1, 0.15) is 0 Å². The molecule has 1 saturated heterocycles. The number of epoxide rings is 1. The van der Waals surface area contributed by atoms with E-state index in [1.165, 1.54) is 7.11 Å². The minimum absolute atomic E-state index is 0.887. The van der Waals surface area contributed by atoms with Crippen molar-refractivity contribution in [3.8, 4) is 0 Å². The summed E-state index contributed by atoms with van der Waals surface area (Å²) in [5.41, 5.74) is 0. The average Bonchev–Trinajstić information content (AvgIpc) is 2.56. The number of fused-ring (bicyclic) bond motifs is 1.